The summed E-state index contributed by atoms with van der Waals surface area (Å²) in [4.78, 5) is 20.9. The van der Waals surface area contributed by atoms with Crippen LogP contribution in [0.5, 0.6) is 0 Å². The van der Waals surface area contributed by atoms with Gasteiger partial charge in [0.15, 0.2) is 0 Å². The molecule has 12 heavy (non-hydrogen) atoms. The number of carboxylic acid groups (broad SMARTS) is 1. The molecule has 0 spiro atoms. The van der Waals surface area contributed by atoms with Crippen LogP contribution in [0.1, 0.15) is 13.3 Å². The van der Waals surface area contributed by atoms with Crippen molar-refractivity contribution in [3.63, 3.8) is 0 Å². The zero-order valence-corrected chi connectivity index (χ0v) is 6.78. The van der Waals surface area contributed by atoms with E-state index in [0.29, 0.717) is 0 Å². The maximum absolute atomic E-state index is 10.5. The largest absolute Gasteiger partial charge is 0.480 e. The van der Waals surface area contributed by atoms with E-state index in [1.54, 1.807) is 0 Å². The molecule has 0 fully saturated rings. The summed E-state index contributed by atoms with van der Waals surface area (Å²) in [5.41, 5.74) is 5.02. The van der Waals surface area contributed by atoms with Gasteiger partial charge < -0.3 is 16.2 Å². The zero-order chi connectivity index (χ0) is 9.56. The van der Waals surface area contributed by atoms with Gasteiger partial charge in [0.05, 0.1) is 0 Å². The molecule has 0 heterocycles. The molecule has 5 heteroatoms. The van der Waals surface area contributed by atoms with E-state index >= 15 is 0 Å². The zero-order valence-electron chi connectivity index (χ0n) is 6.78. The summed E-state index contributed by atoms with van der Waals surface area (Å²) in [5, 5.41) is 10.8. The molecular weight excluding hydrogens is 160 g/mol. The average Bonchev–Trinajstić information content (AvgIpc) is 1.96. The average molecular weight is 172 g/mol. The lowest BCUT2D eigenvalue weighted by Crippen LogP contribution is -2.39. The molecule has 0 saturated carbocycles. The first-order valence-corrected chi connectivity index (χ1v) is 3.44. The monoisotopic (exact) mass is 172 g/mol. The second kappa shape index (κ2) is 5.17. The van der Waals surface area contributed by atoms with Crippen LogP contribution in [0.4, 0.5) is 0 Å². The summed E-state index contributed by atoms with van der Waals surface area (Å²) in [6.45, 7) is 1.27. The summed E-state index contributed by atoms with van der Waals surface area (Å²) >= 11 is 0. The van der Waals surface area contributed by atoms with Crippen molar-refractivity contribution in [3.8, 4) is 0 Å². The van der Waals surface area contributed by atoms with Crippen molar-refractivity contribution in [2.45, 2.75) is 19.4 Å². The van der Waals surface area contributed by atoms with Crippen molar-refractivity contribution in [2.75, 3.05) is 0 Å². The fraction of sp³-hybridized carbons (Fsp3) is 0.429. The van der Waals surface area contributed by atoms with Gasteiger partial charge in [-0.2, -0.15) is 0 Å². The molecule has 68 valence electrons. The number of amides is 1. The van der Waals surface area contributed by atoms with E-state index in [1.165, 1.54) is 19.2 Å². The maximum Gasteiger partial charge on any atom is 0.326 e. The highest BCUT2D eigenvalue weighted by Crippen LogP contribution is 1.93. The lowest BCUT2D eigenvalue weighted by atomic mass is 10.2. The number of carbonyl (C=O) groups is 2. The molecule has 0 bridgehead atoms. The minimum Gasteiger partial charge on any atom is -0.480 e. The molecule has 4 N–H and O–H groups in total. The molecule has 0 radical (unpaired) electrons. The quantitative estimate of drug-likeness (QED) is 0.530. The van der Waals surface area contributed by atoms with Gasteiger partial charge in [0, 0.05) is 6.92 Å². The Morgan fingerprint density at radius 3 is 2.58 bits per heavy atom. The number of carbonyl (C=O) groups excluding carboxylic acids is 1. The van der Waals surface area contributed by atoms with Crippen LogP contribution in [0.15, 0.2) is 12.3 Å². The smallest absolute Gasteiger partial charge is 0.326 e. The Hall–Kier alpha value is -1.52. The van der Waals surface area contributed by atoms with Gasteiger partial charge in [0.1, 0.15) is 6.04 Å². The number of nitrogens with two attached hydrogens (primary N) is 1. The number of aliphatic carboxylic acids is 1. The lowest BCUT2D eigenvalue weighted by molar-refractivity contribution is -0.141. The highest BCUT2D eigenvalue weighted by atomic mass is 16.4. The van der Waals surface area contributed by atoms with Gasteiger partial charge in [0.25, 0.3) is 0 Å². The molecular formula is C7H12N2O3. The third-order valence-corrected chi connectivity index (χ3v) is 1.18. The Morgan fingerprint density at radius 2 is 2.25 bits per heavy atom. The third kappa shape index (κ3) is 4.32. The van der Waals surface area contributed by atoms with Crippen molar-refractivity contribution in [1.29, 1.82) is 0 Å². The molecule has 0 aliphatic carbocycles. The van der Waals surface area contributed by atoms with E-state index in [1.807, 2.05) is 0 Å². The number of hydrogen-bond acceptors (Lipinski definition) is 3. The first-order valence-electron chi connectivity index (χ1n) is 3.44. The molecule has 1 atom stereocenters. The maximum atomic E-state index is 10.5. The lowest BCUT2D eigenvalue weighted by Gasteiger charge is -2.09. The minimum absolute atomic E-state index is 0.200. The second-order valence-corrected chi connectivity index (χ2v) is 2.26. The van der Waals surface area contributed by atoms with Crippen LogP contribution in [-0.2, 0) is 9.59 Å². The minimum atomic E-state index is -1.07. The van der Waals surface area contributed by atoms with Gasteiger partial charge in [-0.15, -0.1) is 0 Å². The molecule has 0 rings (SSSR count). The van der Waals surface area contributed by atoms with E-state index in [2.05, 4.69) is 5.32 Å². The summed E-state index contributed by atoms with van der Waals surface area (Å²) in [5.74, 6) is -1.43. The molecule has 0 aromatic rings. The van der Waals surface area contributed by atoms with Crippen LogP contribution in [0.25, 0.3) is 0 Å². The Kier molecular flexibility index (Phi) is 4.52. The topological polar surface area (TPSA) is 92.4 Å². The van der Waals surface area contributed by atoms with Gasteiger partial charge in [-0.3, -0.25) is 4.79 Å². The number of carboxylic acids is 1. The summed E-state index contributed by atoms with van der Waals surface area (Å²) in [6, 6.07) is -0.887. The Labute approximate surface area is 70.2 Å². The van der Waals surface area contributed by atoms with Crippen molar-refractivity contribution < 1.29 is 14.7 Å². The van der Waals surface area contributed by atoms with E-state index in [4.69, 9.17) is 10.8 Å². The SMILES string of the molecule is CC(=O)NC(CC=CN)C(=O)O. The summed E-state index contributed by atoms with van der Waals surface area (Å²) in [6.07, 6.45) is 2.93. The highest BCUT2D eigenvalue weighted by Gasteiger charge is 2.15. The molecule has 0 saturated heterocycles. The first-order chi connectivity index (χ1) is 5.57. The van der Waals surface area contributed by atoms with Crippen LogP contribution in [-0.4, -0.2) is 23.0 Å². The van der Waals surface area contributed by atoms with Crippen LogP contribution < -0.4 is 11.1 Å². The molecule has 0 aromatic heterocycles. The van der Waals surface area contributed by atoms with Crippen molar-refractivity contribution in [1.82, 2.24) is 5.32 Å². The molecule has 1 amide bonds. The Morgan fingerprint density at radius 1 is 1.67 bits per heavy atom. The standard InChI is InChI=1S/C7H12N2O3/c1-5(10)9-6(7(11)12)3-2-4-8/h2,4,6H,3,8H2,1H3,(H,9,10)(H,11,12). The summed E-state index contributed by atoms with van der Waals surface area (Å²) < 4.78 is 0. The Bertz CT molecular complexity index is 201. The fourth-order valence-electron chi connectivity index (χ4n) is 0.681. The van der Waals surface area contributed by atoms with E-state index in [9.17, 15) is 9.59 Å². The van der Waals surface area contributed by atoms with E-state index in [0.717, 1.165) is 0 Å². The van der Waals surface area contributed by atoms with Crippen molar-refractivity contribution >= 4 is 11.9 Å². The molecule has 5 nitrogen and oxygen atoms in total. The van der Waals surface area contributed by atoms with Gasteiger partial charge >= 0.3 is 5.97 Å². The van der Waals surface area contributed by atoms with Crippen LogP contribution >= 0.6 is 0 Å². The van der Waals surface area contributed by atoms with Gasteiger partial charge in [-0.05, 0) is 12.6 Å². The summed E-state index contributed by atoms with van der Waals surface area (Å²) in [7, 11) is 0. The van der Waals surface area contributed by atoms with Crippen molar-refractivity contribution in [3.05, 3.63) is 12.3 Å². The molecule has 1 unspecified atom stereocenters. The second-order valence-electron chi connectivity index (χ2n) is 2.26. The van der Waals surface area contributed by atoms with Crippen LogP contribution in [0.3, 0.4) is 0 Å². The normalized spacial score (nSPS) is 12.8. The number of hydrogen-bond donors (Lipinski definition) is 3. The van der Waals surface area contributed by atoms with Crippen LogP contribution in [0.2, 0.25) is 0 Å². The third-order valence-electron chi connectivity index (χ3n) is 1.18. The predicted octanol–water partition coefficient (Wildman–Crippen LogP) is -0.562. The highest BCUT2D eigenvalue weighted by molar-refractivity contribution is 5.82. The van der Waals surface area contributed by atoms with Crippen LogP contribution in [0, 0.1) is 0 Å². The number of nitrogens with one attached hydrogen (secondary N) is 1. The fourth-order valence-corrected chi connectivity index (χ4v) is 0.681. The molecule has 0 aliphatic heterocycles. The van der Waals surface area contributed by atoms with Gasteiger partial charge in [0.2, 0.25) is 5.91 Å². The van der Waals surface area contributed by atoms with Gasteiger partial charge in [-0.25, -0.2) is 4.79 Å². The molecule has 0 aromatic carbocycles. The Balaban J connectivity index is 4.04. The first kappa shape index (κ1) is 10.5. The predicted molar refractivity (Wildman–Crippen MR) is 43.2 cm³/mol. The van der Waals surface area contributed by atoms with E-state index < -0.39 is 12.0 Å². The number of rotatable bonds is 4. The molecule has 0 aliphatic rings. The van der Waals surface area contributed by atoms with E-state index in [-0.39, 0.29) is 12.3 Å². The van der Waals surface area contributed by atoms with Gasteiger partial charge in [-0.1, -0.05) is 6.08 Å². The van der Waals surface area contributed by atoms with Crippen molar-refractivity contribution in [2.24, 2.45) is 5.73 Å².